The highest BCUT2D eigenvalue weighted by Crippen LogP contribution is 2.15. The van der Waals surface area contributed by atoms with Gasteiger partial charge in [-0.1, -0.05) is 268 Å². The van der Waals surface area contributed by atoms with Crippen LogP contribution in [0.15, 0.2) is 349 Å². The Morgan fingerprint density at radius 1 is 0.301 bits per heavy atom. The lowest BCUT2D eigenvalue weighted by atomic mass is 10.3. The molecule has 18 aromatic rings. The number of aromatic nitrogens is 25. The Bertz CT molecular complexity index is 2930. The van der Waals surface area contributed by atoms with Gasteiger partial charge in [-0.2, -0.15) is 42.0 Å². The first-order valence-corrected chi connectivity index (χ1v) is 45.7. The van der Waals surface area contributed by atoms with Crippen molar-refractivity contribution >= 4 is 66.7 Å². The van der Waals surface area contributed by atoms with Gasteiger partial charge in [-0.3, -0.25) is 35.2 Å². The number of nitrogens with zero attached hydrogens (tertiary/aromatic N) is 18. The van der Waals surface area contributed by atoms with Gasteiger partial charge in [0.25, 0.3) is 0 Å². The molecule has 0 aliphatic heterocycles. The first kappa shape index (κ1) is 142. The van der Waals surface area contributed by atoms with Crippen LogP contribution < -0.4 is 0 Å². The number of pyridine rings is 1. The zero-order valence-corrected chi connectivity index (χ0v) is 83.6. The number of tetrazole rings is 1. The van der Waals surface area contributed by atoms with Crippen molar-refractivity contribution in [1.82, 2.24) is 126 Å². The summed E-state index contributed by atoms with van der Waals surface area (Å²) < 4.78 is 12.7. The number of para-hydroxylation sites is 1. The normalized spacial score (nSPS) is 7.02. The predicted octanol–water partition coefficient (Wildman–Crippen LogP) is 29.5. The molecule has 0 amide bonds. The summed E-state index contributed by atoms with van der Waals surface area (Å²) in [6.45, 7) is 64.0. The lowest BCUT2D eigenvalue weighted by molar-refractivity contribution is 0.420. The summed E-state index contributed by atoms with van der Waals surface area (Å²) in [5.74, 6) is 0. The summed E-state index contributed by atoms with van der Waals surface area (Å²) in [5.41, 5.74) is 3.00. The maximum Gasteiger partial charge on any atom is 0.161 e. The van der Waals surface area contributed by atoms with E-state index in [2.05, 4.69) is 153 Å². The second kappa shape index (κ2) is 172. The SMILES string of the molecule is CC.CC.CC.CC.CC.CC.CC.CC.CC.CC.CC.CC.CC.CC.CC.CC.c1c[nH]cn1.c1cc2cn[nH]c2s1.c1cc[nH]c1.c1ccc2[nH]ccc2c1.c1ccncc1.c1ccnnc1.c1ccoc1.c1ccsc1.c1cn[nH]c1.c1cnccn1.c1cncnc1.c1cnoc1.c1cnsc1.c1cscn1.c1nc[nH]n1.c1nn[nH]n1. The van der Waals surface area contributed by atoms with E-state index in [1.807, 2.05) is 370 Å². The largest absolute Gasteiger partial charge is 0.473 e. The minimum atomic E-state index is 1.16. The minimum absolute atomic E-state index is 1.16. The number of thiazole rings is 1. The predicted molar refractivity (Wildman–Crippen MR) is 536 cm³/mol. The van der Waals surface area contributed by atoms with E-state index in [0.29, 0.717) is 0 Å². The minimum Gasteiger partial charge on any atom is -0.473 e. The molecule has 0 aliphatic rings. The zero-order chi connectivity index (χ0) is 95.8. The number of furan rings is 1. The quantitative estimate of drug-likeness (QED) is 0.0741. The van der Waals surface area contributed by atoms with Gasteiger partial charge in [-0.25, -0.2) is 24.3 Å². The molecule has 123 heavy (non-hydrogen) atoms. The smallest absolute Gasteiger partial charge is 0.161 e. The number of benzene rings is 1. The molecule has 1 aromatic carbocycles. The van der Waals surface area contributed by atoms with Gasteiger partial charge in [-0.15, -0.1) is 32.9 Å². The van der Waals surface area contributed by atoms with Gasteiger partial charge in [-0.05, 0) is 124 Å². The third-order valence-electron chi connectivity index (χ3n) is 8.33. The Labute approximate surface area is 758 Å². The van der Waals surface area contributed by atoms with Gasteiger partial charge in [0.05, 0.1) is 36.8 Å². The molecule has 7 N–H and O–H groups in total. The molecule has 0 fully saturated rings. The second-order valence-electron chi connectivity index (χ2n) is 14.6. The topological polar surface area (TPSA) is 369 Å². The van der Waals surface area contributed by atoms with Gasteiger partial charge in [0, 0.05) is 139 Å². The fourth-order valence-electron chi connectivity index (χ4n) is 4.72. The van der Waals surface area contributed by atoms with Crippen molar-refractivity contribution in [3.8, 4) is 0 Å². The van der Waals surface area contributed by atoms with E-state index < -0.39 is 0 Å². The van der Waals surface area contributed by atoms with Crippen LogP contribution in [0.25, 0.3) is 21.1 Å². The molecule has 17 aromatic heterocycles. The average Bonchev–Trinajstić information content (AvgIpc) is 1.77. The molecular weight excluding hydrogens is 1620 g/mol. The molecule has 0 bridgehead atoms. The molecule has 0 aliphatic carbocycles. The molecule has 27 nitrogen and oxygen atoms in total. The van der Waals surface area contributed by atoms with E-state index in [1.54, 1.807) is 176 Å². The summed E-state index contributed by atoms with van der Waals surface area (Å²) in [6, 6.07) is 40.5. The first-order chi connectivity index (χ1) is 61.4. The Morgan fingerprint density at radius 2 is 0.870 bits per heavy atom. The van der Waals surface area contributed by atoms with Gasteiger partial charge >= 0.3 is 0 Å². The van der Waals surface area contributed by atoms with E-state index in [-0.39, 0.29) is 0 Å². The lowest BCUT2D eigenvalue weighted by Gasteiger charge is -1.83. The highest BCUT2D eigenvalue weighted by molar-refractivity contribution is 7.16. The fourth-order valence-corrected chi connectivity index (χ4v) is 6.59. The molecule has 31 heteroatoms. The third-order valence-corrected chi connectivity index (χ3v) is 10.8. The van der Waals surface area contributed by atoms with Crippen molar-refractivity contribution in [2.24, 2.45) is 0 Å². The van der Waals surface area contributed by atoms with Crippen molar-refractivity contribution in [1.29, 1.82) is 0 Å². The van der Waals surface area contributed by atoms with E-state index in [9.17, 15) is 0 Å². The monoisotopic (exact) mass is 1770 g/mol. The van der Waals surface area contributed by atoms with Crippen LogP contribution in [0.4, 0.5) is 0 Å². The molecule has 688 valence electrons. The lowest BCUT2D eigenvalue weighted by Crippen LogP contribution is -1.69. The summed E-state index contributed by atoms with van der Waals surface area (Å²) >= 11 is 6.45. The number of fused-ring (bicyclic) bond motifs is 2. The second-order valence-corrected chi connectivity index (χ2v) is 17.8. The van der Waals surface area contributed by atoms with Crippen molar-refractivity contribution in [2.45, 2.75) is 222 Å². The Kier molecular flexibility index (Phi) is 200. The van der Waals surface area contributed by atoms with E-state index >= 15 is 0 Å². The van der Waals surface area contributed by atoms with Crippen LogP contribution in [0.5, 0.6) is 0 Å². The zero-order valence-electron chi connectivity index (χ0n) is 80.3. The summed E-state index contributed by atoms with van der Waals surface area (Å²) in [7, 11) is 0. The molecule has 0 atom stereocenters. The molecular formula is C92H159N25O2S4. The summed E-state index contributed by atoms with van der Waals surface area (Å²) in [6.07, 6.45) is 48.5. The van der Waals surface area contributed by atoms with Crippen LogP contribution in [-0.4, -0.2) is 126 Å². The highest BCUT2D eigenvalue weighted by Gasteiger charge is 1.91. The Morgan fingerprint density at radius 3 is 1.11 bits per heavy atom. The number of imidazole rings is 1. The maximum atomic E-state index is 4.58. The molecule has 0 spiro atoms. The number of thiophene rings is 2. The Hall–Kier alpha value is -12.3. The molecule has 0 saturated heterocycles. The van der Waals surface area contributed by atoms with Crippen molar-refractivity contribution in [3.63, 3.8) is 0 Å². The number of nitrogens with one attached hydrogen (secondary N) is 7. The number of rotatable bonds is 0. The van der Waals surface area contributed by atoms with Gasteiger partial charge in [0.2, 0.25) is 0 Å². The van der Waals surface area contributed by atoms with Crippen LogP contribution in [0.1, 0.15) is 222 Å². The highest BCUT2D eigenvalue weighted by atomic mass is 32.1. The van der Waals surface area contributed by atoms with E-state index in [1.165, 1.54) is 59.4 Å². The Balaban J connectivity index is -0.0000000842. The first-order valence-electron chi connectivity index (χ1n) is 42.1. The van der Waals surface area contributed by atoms with Crippen molar-refractivity contribution in [2.75, 3.05) is 0 Å². The number of hydrogen-bond donors (Lipinski definition) is 7. The standard InChI is InChI=1S/C8H7N.C5H4N2S.C5H5N.3C4H4N2.C4H5N.C4H4O.C4H4S.2C3H4N2.C3H3NO.2C3H3NS.C2H3N3.16C2H6.CH2N4/c1-2-4-8-7(3-1)5-6-9-8;1-2-8-5-4(1)3-6-7-5;1-2-4-6-5-3-1;1-2-6-4-3-5-1;1-2-5-4-6-3-1;1-2-4-6-5-3-1;3*1-2-4-5-3-1;1-2-5-3-4-1;2*1-2-4-5-3-1;1-2-5-3-4-1;1-2-4-5-3-1;1-3-2-5-4-1;16*1-2;1-2-4-5-3-1/h1-6,9H;1-3H,(H,6,7);1-5H;3*1-4H;1-5H;2*1-4H;2*1-3H,(H,4,5);3*1-3H;1-2H,(H,3,4,5);16*1-2H3;1H,(H,2,3,4,5). The van der Waals surface area contributed by atoms with Crippen LogP contribution in [-0.2, 0) is 0 Å². The average molecular weight is 1780 g/mol. The van der Waals surface area contributed by atoms with Gasteiger partial charge < -0.3 is 23.9 Å². The number of aromatic amines is 7. The van der Waals surface area contributed by atoms with Crippen LogP contribution in [0, 0.1) is 0 Å². The van der Waals surface area contributed by atoms with Crippen molar-refractivity contribution in [3.05, 3.63) is 340 Å². The molecule has 0 saturated carbocycles. The van der Waals surface area contributed by atoms with E-state index in [4.69, 9.17) is 0 Å². The third kappa shape index (κ3) is 142. The maximum absolute atomic E-state index is 4.58. The van der Waals surface area contributed by atoms with Crippen molar-refractivity contribution < 1.29 is 8.94 Å². The van der Waals surface area contributed by atoms with Gasteiger partial charge in [0.1, 0.15) is 30.1 Å². The molecule has 0 unspecified atom stereocenters. The number of H-pyrrole nitrogens is 7. The molecule has 0 radical (unpaired) electrons. The van der Waals surface area contributed by atoms with Crippen LogP contribution in [0.2, 0.25) is 0 Å². The summed E-state index contributed by atoms with van der Waals surface area (Å²) in [4.78, 5) is 39.4. The van der Waals surface area contributed by atoms with Crippen LogP contribution in [0.3, 0.4) is 0 Å². The summed E-state index contributed by atoms with van der Waals surface area (Å²) in [5, 5.41) is 54.0. The number of hydrogen-bond acceptors (Lipinski definition) is 24. The molecule has 17 heterocycles. The molecule has 18 rings (SSSR count). The van der Waals surface area contributed by atoms with Crippen LogP contribution >= 0.6 is 45.5 Å². The van der Waals surface area contributed by atoms with E-state index in [0.717, 1.165) is 4.83 Å². The van der Waals surface area contributed by atoms with Gasteiger partial charge in [0.15, 0.2) is 6.33 Å². The fraction of sp³-hybridized carbons (Fsp3) is 0.348.